The normalized spacial score (nSPS) is 12.0. The van der Waals surface area contributed by atoms with Crippen LogP contribution >= 0.6 is 22.9 Å². The fraction of sp³-hybridized carbons (Fsp3) is 0.214. The van der Waals surface area contributed by atoms with Crippen LogP contribution in [0.25, 0.3) is 0 Å². The molecule has 0 aliphatic heterocycles. The Hall–Kier alpha value is -1.63. The molecule has 4 nitrogen and oxygen atoms in total. The Kier molecular flexibility index (Phi) is 5.55. The van der Waals surface area contributed by atoms with Crippen molar-refractivity contribution in [3.8, 4) is 0 Å². The van der Waals surface area contributed by atoms with Crippen LogP contribution in [0, 0.1) is 5.82 Å². The van der Waals surface area contributed by atoms with E-state index < -0.39 is 11.8 Å². The summed E-state index contributed by atoms with van der Waals surface area (Å²) in [7, 11) is 0. The maximum atomic E-state index is 13.7. The summed E-state index contributed by atoms with van der Waals surface area (Å²) in [5.74, 6) is -0.677. The lowest BCUT2D eigenvalue weighted by molar-refractivity contribution is 0.239. The van der Waals surface area contributed by atoms with E-state index in [2.05, 4.69) is 10.6 Å². The van der Waals surface area contributed by atoms with E-state index in [0.717, 1.165) is 4.88 Å². The van der Waals surface area contributed by atoms with Crippen LogP contribution < -0.4 is 10.6 Å². The van der Waals surface area contributed by atoms with E-state index in [1.807, 2.05) is 17.5 Å². The van der Waals surface area contributed by atoms with E-state index in [-0.39, 0.29) is 23.4 Å². The molecule has 0 bridgehead atoms. The van der Waals surface area contributed by atoms with Crippen molar-refractivity contribution in [1.29, 1.82) is 0 Å². The zero-order chi connectivity index (χ0) is 15.2. The van der Waals surface area contributed by atoms with E-state index in [0.29, 0.717) is 6.42 Å². The topological polar surface area (TPSA) is 61.4 Å². The maximum absolute atomic E-state index is 13.7. The summed E-state index contributed by atoms with van der Waals surface area (Å²) < 4.78 is 13.7. The van der Waals surface area contributed by atoms with Gasteiger partial charge in [-0.1, -0.05) is 23.7 Å². The first-order valence-corrected chi connectivity index (χ1v) is 7.53. The van der Waals surface area contributed by atoms with Crippen LogP contribution in [0.5, 0.6) is 0 Å². The van der Waals surface area contributed by atoms with Crippen LogP contribution in [-0.4, -0.2) is 17.7 Å². The molecule has 0 saturated heterocycles. The van der Waals surface area contributed by atoms with Gasteiger partial charge in [-0.3, -0.25) is 0 Å². The Morgan fingerprint density at radius 1 is 1.38 bits per heavy atom. The predicted molar refractivity (Wildman–Crippen MR) is 82.3 cm³/mol. The minimum Gasteiger partial charge on any atom is -0.396 e. The average molecular weight is 329 g/mol. The van der Waals surface area contributed by atoms with E-state index in [9.17, 15) is 9.18 Å². The number of aliphatic hydroxyl groups excluding tert-OH is 1. The predicted octanol–water partition coefficient (Wildman–Crippen LogP) is 3.79. The lowest BCUT2D eigenvalue weighted by Crippen LogP contribution is -2.33. The number of halogens is 2. The zero-order valence-corrected chi connectivity index (χ0v) is 12.5. The summed E-state index contributed by atoms with van der Waals surface area (Å²) >= 11 is 7.13. The van der Waals surface area contributed by atoms with Gasteiger partial charge in [0.15, 0.2) is 5.82 Å². The molecule has 0 aliphatic carbocycles. The molecule has 0 saturated carbocycles. The van der Waals surface area contributed by atoms with Crippen molar-refractivity contribution in [3.05, 3.63) is 51.4 Å². The number of aliphatic hydroxyl groups is 1. The summed E-state index contributed by atoms with van der Waals surface area (Å²) in [6, 6.07) is 7.23. The lowest BCUT2D eigenvalue weighted by atomic mass is 10.2. The Balaban J connectivity index is 2.04. The molecule has 3 N–H and O–H groups in total. The molecule has 7 heteroatoms. The van der Waals surface area contributed by atoms with E-state index in [4.69, 9.17) is 16.7 Å². The molecule has 1 atom stereocenters. The molecular formula is C14H14ClFN2O2S. The lowest BCUT2D eigenvalue weighted by Gasteiger charge is -2.17. The molecule has 1 aromatic heterocycles. The number of hydrogen-bond donors (Lipinski definition) is 3. The standard InChI is InChI=1S/C14H14ClFN2O2S/c15-9-3-1-4-11(13(9)16)18-14(20)17-10(6-7-19)12-5-2-8-21-12/h1-5,8,10,19H,6-7H2,(H2,17,18,20)/t10-/m0/s1. The second-order valence-corrected chi connectivity index (χ2v) is 5.67. The van der Waals surface area contributed by atoms with Crippen LogP contribution in [0.1, 0.15) is 17.3 Å². The van der Waals surface area contributed by atoms with Crippen LogP contribution in [-0.2, 0) is 0 Å². The Labute approximate surface area is 130 Å². The minimum absolute atomic E-state index is 0.00827. The zero-order valence-electron chi connectivity index (χ0n) is 11.0. The van der Waals surface area contributed by atoms with Gasteiger partial charge in [0.1, 0.15) is 0 Å². The number of anilines is 1. The minimum atomic E-state index is -0.677. The Bertz CT molecular complexity index is 607. The van der Waals surface area contributed by atoms with Gasteiger partial charge < -0.3 is 15.7 Å². The van der Waals surface area contributed by atoms with Crippen molar-refractivity contribution in [2.24, 2.45) is 0 Å². The Morgan fingerprint density at radius 2 is 2.19 bits per heavy atom. The van der Waals surface area contributed by atoms with Crippen LogP contribution in [0.3, 0.4) is 0 Å². The van der Waals surface area contributed by atoms with E-state index in [1.165, 1.54) is 23.5 Å². The van der Waals surface area contributed by atoms with Crippen molar-refractivity contribution in [2.75, 3.05) is 11.9 Å². The summed E-state index contributed by atoms with van der Waals surface area (Å²) in [6.45, 7) is -0.0611. The van der Waals surface area contributed by atoms with Crippen molar-refractivity contribution in [2.45, 2.75) is 12.5 Å². The van der Waals surface area contributed by atoms with Gasteiger partial charge in [0.2, 0.25) is 0 Å². The third-order valence-corrected chi connectivity index (χ3v) is 4.09. The van der Waals surface area contributed by atoms with Crippen LogP contribution in [0.15, 0.2) is 35.7 Å². The number of nitrogens with one attached hydrogen (secondary N) is 2. The SMILES string of the molecule is O=C(Nc1cccc(Cl)c1F)N[C@@H](CCO)c1cccs1. The highest BCUT2D eigenvalue weighted by Crippen LogP contribution is 2.24. The number of urea groups is 1. The largest absolute Gasteiger partial charge is 0.396 e. The molecule has 0 aliphatic rings. The van der Waals surface area contributed by atoms with E-state index >= 15 is 0 Å². The molecule has 2 aromatic rings. The molecule has 1 heterocycles. The smallest absolute Gasteiger partial charge is 0.319 e. The first kappa shape index (κ1) is 15.8. The summed E-state index contributed by atoms with van der Waals surface area (Å²) in [5.41, 5.74) is 0.00827. The van der Waals surface area contributed by atoms with Crippen molar-refractivity contribution < 1.29 is 14.3 Å². The second kappa shape index (κ2) is 7.40. The highest BCUT2D eigenvalue weighted by molar-refractivity contribution is 7.10. The number of rotatable bonds is 5. The maximum Gasteiger partial charge on any atom is 0.319 e. The summed E-state index contributed by atoms with van der Waals surface area (Å²) in [5, 5.41) is 16.0. The van der Waals surface area contributed by atoms with Gasteiger partial charge in [-0.25, -0.2) is 9.18 Å². The van der Waals surface area contributed by atoms with Crippen molar-refractivity contribution in [3.63, 3.8) is 0 Å². The molecule has 1 aromatic carbocycles. The highest BCUT2D eigenvalue weighted by atomic mass is 35.5. The molecule has 2 rings (SSSR count). The molecule has 112 valence electrons. The number of thiophene rings is 1. The number of amides is 2. The van der Waals surface area contributed by atoms with Crippen LogP contribution in [0.2, 0.25) is 5.02 Å². The molecule has 0 unspecified atom stereocenters. The summed E-state index contributed by atoms with van der Waals surface area (Å²) in [6.07, 6.45) is 0.381. The monoisotopic (exact) mass is 328 g/mol. The van der Waals surface area contributed by atoms with Gasteiger partial charge in [0.25, 0.3) is 0 Å². The third-order valence-electron chi connectivity index (χ3n) is 2.81. The Morgan fingerprint density at radius 3 is 2.86 bits per heavy atom. The number of carbonyl (C=O) groups is 1. The van der Waals surface area contributed by atoms with Gasteiger partial charge in [0, 0.05) is 11.5 Å². The van der Waals surface area contributed by atoms with E-state index in [1.54, 1.807) is 6.07 Å². The second-order valence-electron chi connectivity index (χ2n) is 4.28. The molecule has 0 radical (unpaired) electrons. The first-order chi connectivity index (χ1) is 10.1. The molecule has 21 heavy (non-hydrogen) atoms. The van der Waals surface area contributed by atoms with Gasteiger partial charge in [-0.2, -0.15) is 0 Å². The van der Waals surface area contributed by atoms with Gasteiger partial charge in [-0.15, -0.1) is 11.3 Å². The number of benzene rings is 1. The fourth-order valence-corrected chi connectivity index (χ4v) is 2.81. The van der Waals surface area contributed by atoms with Crippen molar-refractivity contribution >= 4 is 34.7 Å². The molecular weight excluding hydrogens is 315 g/mol. The fourth-order valence-electron chi connectivity index (χ4n) is 1.82. The molecule has 0 spiro atoms. The number of carbonyl (C=O) groups excluding carboxylic acids is 1. The van der Waals surface area contributed by atoms with Crippen molar-refractivity contribution in [1.82, 2.24) is 5.32 Å². The van der Waals surface area contributed by atoms with Crippen LogP contribution in [0.4, 0.5) is 14.9 Å². The summed E-state index contributed by atoms with van der Waals surface area (Å²) in [4.78, 5) is 12.9. The number of hydrogen-bond acceptors (Lipinski definition) is 3. The average Bonchev–Trinajstić information content (AvgIpc) is 2.97. The van der Waals surface area contributed by atoms with Gasteiger partial charge in [0.05, 0.1) is 16.8 Å². The first-order valence-electron chi connectivity index (χ1n) is 6.27. The quantitative estimate of drug-likeness (QED) is 0.782. The molecule has 2 amide bonds. The van der Waals surface area contributed by atoms with Gasteiger partial charge >= 0.3 is 6.03 Å². The van der Waals surface area contributed by atoms with Gasteiger partial charge in [-0.05, 0) is 30.0 Å². The highest BCUT2D eigenvalue weighted by Gasteiger charge is 2.16. The third kappa shape index (κ3) is 4.17. The molecule has 0 fully saturated rings.